The zero-order valence-corrected chi connectivity index (χ0v) is 10.6. The van der Waals surface area contributed by atoms with Crippen LogP contribution in [0, 0.1) is 0 Å². The van der Waals surface area contributed by atoms with Gasteiger partial charge >= 0.3 is 5.97 Å². The van der Waals surface area contributed by atoms with Crippen LogP contribution >= 0.6 is 0 Å². The molecule has 0 aliphatic carbocycles. The minimum absolute atomic E-state index is 0.269. The fourth-order valence-corrected chi connectivity index (χ4v) is 1.81. The van der Waals surface area contributed by atoms with Gasteiger partial charge in [0.2, 0.25) is 0 Å². The Morgan fingerprint density at radius 3 is 2.74 bits per heavy atom. The predicted octanol–water partition coefficient (Wildman–Crippen LogP) is 3.01. The lowest BCUT2D eigenvalue weighted by atomic mass is 10.1. The Balaban J connectivity index is 2.10. The van der Waals surface area contributed by atoms with Gasteiger partial charge in [-0.05, 0) is 24.3 Å². The number of carboxylic acids is 1. The quantitative estimate of drug-likeness (QED) is 0.864. The standard InChI is InChI=1S/C15H15NO3/c1-19-14-8-3-2-5-12(14)10-16-13-7-4-6-11(9-13)15(17)18/h2-9,16H,10H2,1H3,(H,17,18). The molecule has 0 spiro atoms. The van der Waals surface area contributed by atoms with Crippen LogP contribution in [-0.2, 0) is 6.54 Å². The van der Waals surface area contributed by atoms with Gasteiger partial charge in [-0.15, -0.1) is 0 Å². The summed E-state index contributed by atoms with van der Waals surface area (Å²) >= 11 is 0. The van der Waals surface area contributed by atoms with Crippen LogP contribution in [0.15, 0.2) is 48.5 Å². The zero-order chi connectivity index (χ0) is 13.7. The van der Waals surface area contributed by atoms with Crippen molar-refractivity contribution < 1.29 is 14.6 Å². The number of aromatic carboxylic acids is 1. The summed E-state index contributed by atoms with van der Waals surface area (Å²) in [6.45, 7) is 0.576. The normalized spacial score (nSPS) is 9.95. The Bertz CT molecular complexity index is 581. The van der Waals surface area contributed by atoms with Crippen molar-refractivity contribution >= 4 is 11.7 Å². The lowest BCUT2D eigenvalue weighted by molar-refractivity contribution is 0.0697. The highest BCUT2D eigenvalue weighted by molar-refractivity contribution is 5.88. The molecule has 2 rings (SSSR count). The number of carbonyl (C=O) groups is 1. The van der Waals surface area contributed by atoms with Crippen molar-refractivity contribution in [1.29, 1.82) is 0 Å². The second kappa shape index (κ2) is 5.91. The van der Waals surface area contributed by atoms with E-state index in [-0.39, 0.29) is 5.56 Å². The van der Waals surface area contributed by atoms with E-state index in [0.29, 0.717) is 6.54 Å². The van der Waals surface area contributed by atoms with E-state index in [1.807, 2.05) is 30.3 Å². The molecule has 0 fully saturated rings. The van der Waals surface area contributed by atoms with Gasteiger partial charge in [0.15, 0.2) is 0 Å². The number of para-hydroxylation sites is 1. The van der Waals surface area contributed by atoms with Crippen LogP contribution < -0.4 is 10.1 Å². The molecule has 0 bridgehead atoms. The molecule has 0 aliphatic heterocycles. The van der Waals surface area contributed by atoms with E-state index in [0.717, 1.165) is 17.0 Å². The number of ether oxygens (including phenoxy) is 1. The Hall–Kier alpha value is -2.49. The van der Waals surface area contributed by atoms with Gasteiger partial charge < -0.3 is 15.2 Å². The van der Waals surface area contributed by atoms with Gasteiger partial charge in [-0.2, -0.15) is 0 Å². The van der Waals surface area contributed by atoms with Crippen LogP contribution in [0.1, 0.15) is 15.9 Å². The molecule has 2 aromatic rings. The second-order valence-electron chi connectivity index (χ2n) is 4.05. The number of hydrogen-bond acceptors (Lipinski definition) is 3. The summed E-state index contributed by atoms with van der Waals surface area (Å²) in [5.74, 6) is -0.120. The van der Waals surface area contributed by atoms with Gasteiger partial charge in [0.1, 0.15) is 5.75 Å². The minimum Gasteiger partial charge on any atom is -0.496 e. The van der Waals surface area contributed by atoms with Gasteiger partial charge in [-0.1, -0.05) is 24.3 Å². The molecule has 0 amide bonds. The third kappa shape index (κ3) is 3.25. The number of carboxylic acid groups (broad SMARTS) is 1. The molecule has 4 heteroatoms. The minimum atomic E-state index is -0.930. The van der Waals surface area contributed by atoms with Crippen molar-refractivity contribution in [2.45, 2.75) is 6.54 Å². The summed E-state index contributed by atoms with van der Waals surface area (Å²) in [7, 11) is 1.63. The number of hydrogen-bond donors (Lipinski definition) is 2. The molecule has 0 heterocycles. The molecule has 0 aromatic heterocycles. The highest BCUT2D eigenvalue weighted by atomic mass is 16.5. The monoisotopic (exact) mass is 257 g/mol. The Kier molecular flexibility index (Phi) is 4.03. The molecule has 0 saturated heterocycles. The zero-order valence-electron chi connectivity index (χ0n) is 10.6. The fraction of sp³-hybridized carbons (Fsp3) is 0.133. The molecule has 0 atom stereocenters. The van der Waals surface area contributed by atoms with E-state index in [2.05, 4.69) is 5.32 Å². The topological polar surface area (TPSA) is 58.6 Å². The summed E-state index contributed by atoms with van der Waals surface area (Å²) in [6, 6.07) is 14.4. The van der Waals surface area contributed by atoms with Crippen LogP contribution in [0.2, 0.25) is 0 Å². The smallest absolute Gasteiger partial charge is 0.335 e. The van der Waals surface area contributed by atoms with Crippen LogP contribution in [0.5, 0.6) is 5.75 Å². The molecule has 4 nitrogen and oxygen atoms in total. The van der Waals surface area contributed by atoms with E-state index in [9.17, 15) is 4.79 Å². The molecule has 0 radical (unpaired) electrons. The van der Waals surface area contributed by atoms with Crippen molar-refractivity contribution in [3.8, 4) is 5.75 Å². The molecule has 19 heavy (non-hydrogen) atoms. The Morgan fingerprint density at radius 1 is 1.21 bits per heavy atom. The first-order valence-corrected chi connectivity index (χ1v) is 5.90. The molecule has 2 aromatic carbocycles. The van der Waals surface area contributed by atoms with E-state index in [4.69, 9.17) is 9.84 Å². The maximum absolute atomic E-state index is 10.9. The molecule has 98 valence electrons. The summed E-state index contributed by atoms with van der Waals surface area (Å²) in [5, 5.41) is 12.1. The maximum Gasteiger partial charge on any atom is 0.335 e. The van der Waals surface area contributed by atoms with Gasteiger partial charge in [0.05, 0.1) is 12.7 Å². The van der Waals surface area contributed by atoms with Crippen LogP contribution in [0.25, 0.3) is 0 Å². The third-order valence-electron chi connectivity index (χ3n) is 2.79. The first-order valence-electron chi connectivity index (χ1n) is 5.90. The van der Waals surface area contributed by atoms with Crippen molar-refractivity contribution in [3.63, 3.8) is 0 Å². The lowest BCUT2D eigenvalue weighted by Crippen LogP contribution is -2.03. The highest BCUT2D eigenvalue weighted by Gasteiger charge is 2.04. The molecule has 0 aliphatic rings. The number of anilines is 1. The molecular formula is C15H15NO3. The van der Waals surface area contributed by atoms with Gasteiger partial charge in [0, 0.05) is 17.8 Å². The molecule has 0 unspecified atom stereocenters. The van der Waals surface area contributed by atoms with Gasteiger partial charge in [-0.25, -0.2) is 4.79 Å². The second-order valence-corrected chi connectivity index (χ2v) is 4.05. The summed E-state index contributed by atoms with van der Waals surface area (Å²) in [6.07, 6.45) is 0. The van der Waals surface area contributed by atoms with E-state index < -0.39 is 5.97 Å². The molecule has 2 N–H and O–H groups in total. The Labute approximate surface area is 111 Å². The summed E-state index contributed by atoms with van der Waals surface area (Å²) in [4.78, 5) is 10.9. The number of methoxy groups -OCH3 is 1. The number of benzene rings is 2. The SMILES string of the molecule is COc1ccccc1CNc1cccc(C(=O)O)c1. The van der Waals surface area contributed by atoms with Crippen LogP contribution in [0.4, 0.5) is 5.69 Å². The number of rotatable bonds is 5. The molecular weight excluding hydrogens is 242 g/mol. The predicted molar refractivity (Wildman–Crippen MR) is 73.7 cm³/mol. The van der Waals surface area contributed by atoms with E-state index >= 15 is 0 Å². The van der Waals surface area contributed by atoms with E-state index in [1.54, 1.807) is 25.3 Å². The van der Waals surface area contributed by atoms with Crippen molar-refractivity contribution in [2.24, 2.45) is 0 Å². The largest absolute Gasteiger partial charge is 0.496 e. The van der Waals surface area contributed by atoms with Gasteiger partial charge in [0.25, 0.3) is 0 Å². The van der Waals surface area contributed by atoms with Crippen LogP contribution in [-0.4, -0.2) is 18.2 Å². The Morgan fingerprint density at radius 2 is 2.00 bits per heavy atom. The summed E-state index contributed by atoms with van der Waals surface area (Å²) < 4.78 is 5.26. The summed E-state index contributed by atoms with van der Waals surface area (Å²) in [5.41, 5.74) is 2.06. The lowest BCUT2D eigenvalue weighted by Gasteiger charge is -2.10. The molecule has 0 saturated carbocycles. The van der Waals surface area contributed by atoms with Crippen molar-refractivity contribution in [3.05, 3.63) is 59.7 Å². The first-order chi connectivity index (χ1) is 9.20. The fourth-order valence-electron chi connectivity index (χ4n) is 1.81. The maximum atomic E-state index is 10.9. The third-order valence-corrected chi connectivity index (χ3v) is 2.79. The highest BCUT2D eigenvalue weighted by Crippen LogP contribution is 2.19. The number of nitrogens with one attached hydrogen (secondary N) is 1. The average molecular weight is 257 g/mol. The van der Waals surface area contributed by atoms with Gasteiger partial charge in [-0.3, -0.25) is 0 Å². The van der Waals surface area contributed by atoms with Crippen molar-refractivity contribution in [2.75, 3.05) is 12.4 Å². The average Bonchev–Trinajstić information content (AvgIpc) is 2.45. The first kappa shape index (κ1) is 13.0. The van der Waals surface area contributed by atoms with Crippen molar-refractivity contribution in [1.82, 2.24) is 0 Å². The van der Waals surface area contributed by atoms with Crippen LogP contribution in [0.3, 0.4) is 0 Å². The van der Waals surface area contributed by atoms with E-state index in [1.165, 1.54) is 0 Å².